The van der Waals surface area contributed by atoms with Crippen LogP contribution in [0.4, 0.5) is 0 Å². The Hall–Kier alpha value is -2.25. The molecule has 0 aliphatic carbocycles. The summed E-state index contributed by atoms with van der Waals surface area (Å²) in [5.74, 6) is -1.47. The molecule has 0 aliphatic heterocycles. The van der Waals surface area contributed by atoms with Crippen molar-refractivity contribution in [2.75, 3.05) is 26.8 Å². The zero-order chi connectivity index (χ0) is 16.8. The van der Waals surface area contributed by atoms with Gasteiger partial charge in [-0.05, 0) is 12.5 Å². The molecule has 1 N–H and O–H groups in total. The Morgan fingerprint density at radius 2 is 2.09 bits per heavy atom. The third-order valence-electron chi connectivity index (χ3n) is 3.28. The highest BCUT2D eigenvalue weighted by molar-refractivity contribution is 7.13. The maximum atomic E-state index is 12.5. The van der Waals surface area contributed by atoms with E-state index in [1.54, 1.807) is 5.38 Å². The third kappa shape index (κ3) is 4.37. The molecule has 7 heteroatoms. The van der Waals surface area contributed by atoms with E-state index in [1.807, 2.05) is 31.2 Å². The maximum Gasteiger partial charge on any atom is 0.323 e. The minimum Gasteiger partial charge on any atom is -0.480 e. The molecule has 1 aromatic heterocycles. The second kappa shape index (κ2) is 7.85. The molecule has 0 bridgehead atoms. The van der Waals surface area contributed by atoms with E-state index in [0.717, 1.165) is 16.1 Å². The fourth-order valence-corrected chi connectivity index (χ4v) is 2.97. The minimum atomic E-state index is -1.07. The lowest BCUT2D eigenvalue weighted by Crippen LogP contribution is -2.38. The lowest BCUT2D eigenvalue weighted by atomic mass is 10.1. The van der Waals surface area contributed by atoms with Crippen LogP contribution in [0.3, 0.4) is 0 Å². The van der Waals surface area contributed by atoms with Gasteiger partial charge < -0.3 is 14.7 Å². The van der Waals surface area contributed by atoms with Gasteiger partial charge in [-0.2, -0.15) is 0 Å². The van der Waals surface area contributed by atoms with Gasteiger partial charge in [0.25, 0.3) is 5.91 Å². The van der Waals surface area contributed by atoms with Crippen molar-refractivity contribution in [2.45, 2.75) is 6.92 Å². The number of nitrogens with zero attached hydrogens (tertiary/aromatic N) is 2. The van der Waals surface area contributed by atoms with Crippen molar-refractivity contribution >= 4 is 23.2 Å². The number of carbonyl (C=O) groups is 2. The highest BCUT2D eigenvalue weighted by atomic mass is 32.1. The van der Waals surface area contributed by atoms with Crippen molar-refractivity contribution in [3.05, 3.63) is 40.9 Å². The van der Waals surface area contributed by atoms with Crippen LogP contribution >= 0.6 is 11.3 Å². The average molecular weight is 334 g/mol. The molecule has 2 rings (SSSR count). The highest BCUT2D eigenvalue weighted by Gasteiger charge is 2.21. The first-order chi connectivity index (χ1) is 11.0. The number of carboxylic acid groups (broad SMARTS) is 1. The SMILES string of the molecule is COCCN(CC(=O)O)C(=O)c1csc(-c2ccccc2C)n1. The summed E-state index contributed by atoms with van der Waals surface area (Å²) in [6.45, 7) is 2.08. The second-order valence-corrected chi connectivity index (χ2v) is 5.82. The fourth-order valence-electron chi connectivity index (χ4n) is 2.09. The van der Waals surface area contributed by atoms with E-state index >= 15 is 0 Å². The summed E-state index contributed by atoms with van der Waals surface area (Å²) in [6.07, 6.45) is 0. The summed E-state index contributed by atoms with van der Waals surface area (Å²) in [6, 6.07) is 7.79. The lowest BCUT2D eigenvalue weighted by Gasteiger charge is -2.18. The Kier molecular flexibility index (Phi) is 5.84. The van der Waals surface area contributed by atoms with Crippen LogP contribution < -0.4 is 0 Å². The van der Waals surface area contributed by atoms with Crippen LogP contribution in [-0.4, -0.2) is 53.7 Å². The molecule has 0 unspecified atom stereocenters. The van der Waals surface area contributed by atoms with Gasteiger partial charge in [0.05, 0.1) is 6.61 Å². The van der Waals surface area contributed by atoms with Gasteiger partial charge >= 0.3 is 5.97 Å². The molecule has 0 aliphatic rings. The Balaban J connectivity index is 2.22. The summed E-state index contributed by atoms with van der Waals surface area (Å²) in [5.41, 5.74) is 2.30. The number of methoxy groups -OCH3 is 1. The molecule has 6 nitrogen and oxygen atoms in total. The van der Waals surface area contributed by atoms with E-state index in [-0.39, 0.29) is 25.4 Å². The minimum absolute atomic E-state index is 0.207. The zero-order valence-electron chi connectivity index (χ0n) is 13.0. The van der Waals surface area contributed by atoms with Gasteiger partial charge in [-0.1, -0.05) is 24.3 Å². The van der Waals surface area contributed by atoms with E-state index < -0.39 is 11.9 Å². The van der Waals surface area contributed by atoms with Crippen molar-refractivity contribution in [3.63, 3.8) is 0 Å². The molecule has 0 saturated carbocycles. The number of ether oxygens (including phenoxy) is 1. The van der Waals surface area contributed by atoms with Gasteiger partial charge in [0.1, 0.15) is 17.2 Å². The number of carboxylic acids is 1. The van der Waals surface area contributed by atoms with E-state index in [4.69, 9.17) is 9.84 Å². The molecule has 0 fully saturated rings. The number of benzene rings is 1. The molecule has 0 radical (unpaired) electrons. The number of aliphatic carboxylic acids is 1. The molecule has 1 amide bonds. The number of aryl methyl sites for hydroxylation is 1. The van der Waals surface area contributed by atoms with Crippen molar-refractivity contribution < 1.29 is 19.4 Å². The van der Waals surface area contributed by atoms with Crippen molar-refractivity contribution in [2.24, 2.45) is 0 Å². The number of rotatable bonds is 7. The predicted octanol–water partition coefficient (Wildman–Crippen LogP) is 2.29. The van der Waals surface area contributed by atoms with Crippen LogP contribution in [0.5, 0.6) is 0 Å². The summed E-state index contributed by atoms with van der Waals surface area (Å²) in [5, 5.41) is 11.3. The molecule has 23 heavy (non-hydrogen) atoms. The monoisotopic (exact) mass is 334 g/mol. The van der Waals surface area contributed by atoms with E-state index in [2.05, 4.69) is 4.98 Å². The predicted molar refractivity (Wildman–Crippen MR) is 87.7 cm³/mol. The van der Waals surface area contributed by atoms with Crippen LogP contribution in [0.2, 0.25) is 0 Å². The molecule has 122 valence electrons. The van der Waals surface area contributed by atoms with E-state index in [9.17, 15) is 9.59 Å². The van der Waals surface area contributed by atoms with Gasteiger partial charge in [-0.15, -0.1) is 11.3 Å². The molecule has 0 saturated heterocycles. The lowest BCUT2D eigenvalue weighted by molar-refractivity contribution is -0.137. The molecular formula is C16H18N2O4S. The Morgan fingerprint density at radius 3 is 2.74 bits per heavy atom. The molecule has 1 heterocycles. The smallest absolute Gasteiger partial charge is 0.323 e. The zero-order valence-corrected chi connectivity index (χ0v) is 13.8. The van der Waals surface area contributed by atoms with Crippen LogP contribution in [0.15, 0.2) is 29.6 Å². The number of amides is 1. The molecule has 1 aromatic carbocycles. The van der Waals surface area contributed by atoms with E-state index in [1.165, 1.54) is 23.3 Å². The topological polar surface area (TPSA) is 79.7 Å². The van der Waals surface area contributed by atoms with Gasteiger partial charge in [0.2, 0.25) is 0 Å². The fraction of sp³-hybridized carbons (Fsp3) is 0.312. The first-order valence-corrected chi connectivity index (χ1v) is 7.92. The Labute approximate surface area is 138 Å². The number of carbonyl (C=O) groups excluding carboxylic acids is 1. The quantitative estimate of drug-likeness (QED) is 0.840. The molecule has 0 spiro atoms. The molecule has 2 aromatic rings. The van der Waals surface area contributed by atoms with Crippen LogP contribution in [0.1, 0.15) is 16.1 Å². The number of thiazole rings is 1. The van der Waals surface area contributed by atoms with Gasteiger partial charge in [-0.25, -0.2) is 4.98 Å². The molecular weight excluding hydrogens is 316 g/mol. The first-order valence-electron chi connectivity index (χ1n) is 7.04. The second-order valence-electron chi connectivity index (χ2n) is 4.97. The van der Waals surface area contributed by atoms with Gasteiger partial charge in [-0.3, -0.25) is 9.59 Å². The summed E-state index contributed by atoms with van der Waals surface area (Å²) < 4.78 is 4.93. The van der Waals surface area contributed by atoms with Crippen LogP contribution in [-0.2, 0) is 9.53 Å². The van der Waals surface area contributed by atoms with Crippen molar-refractivity contribution in [1.82, 2.24) is 9.88 Å². The van der Waals surface area contributed by atoms with Gasteiger partial charge in [0, 0.05) is 24.6 Å². The average Bonchev–Trinajstić information content (AvgIpc) is 3.00. The van der Waals surface area contributed by atoms with E-state index in [0.29, 0.717) is 0 Å². The third-order valence-corrected chi connectivity index (χ3v) is 4.15. The van der Waals surface area contributed by atoms with Crippen LogP contribution in [0.25, 0.3) is 10.6 Å². The number of hydrogen-bond donors (Lipinski definition) is 1. The molecule has 0 atom stereocenters. The summed E-state index contributed by atoms with van der Waals surface area (Å²) in [4.78, 5) is 29.0. The standard InChI is InChI=1S/C16H18N2O4S/c1-11-5-3-4-6-12(11)15-17-13(10-23-15)16(21)18(7-8-22-2)9-14(19)20/h3-6,10H,7-9H2,1-2H3,(H,19,20). The van der Waals surface area contributed by atoms with Gasteiger partial charge in [0.15, 0.2) is 0 Å². The maximum absolute atomic E-state index is 12.5. The number of aromatic nitrogens is 1. The Bertz CT molecular complexity index is 699. The first kappa shape index (κ1) is 17.1. The summed E-state index contributed by atoms with van der Waals surface area (Å²) >= 11 is 1.37. The summed E-state index contributed by atoms with van der Waals surface area (Å²) in [7, 11) is 1.50. The normalized spacial score (nSPS) is 10.5. The number of hydrogen-bond acceptors (Lipinski definition) is 5. The van der Waals surface area contributed by atoms with Crippen LogP contribution in [0, 0.1) is 6.92 Å². The van der Waals surface area contributed by atoms with Crippen molar-refractivity contribution in [3.8, 4) is 10.6 Å². The largest absolute Gasteiger partial charge is 0.480 e. The van der Waals surface area contributed by atoms with Crippen molar-refractivity contribution in [1.29, 1.82) is 0 Å². The Morgan fingerprint density at radius 1 is 1.35 bits per heavy atom. The highest BCUT2D eigenvalue weighted by Crippen LogP contribution is 2.26.